The van der Waals surface area contributed by atoms with Gasteiger partial charge in [-0.15, -0.1) is 0 Å². The van der Waals surface area contributed by atoms with Crippen molar-refractivity contribution in [3.05, 3.63) is 34.9 Å². The summed E-state index contributed by atoms with van der Waals surface area (Å²) in [5.41, 5.74) is 9.82. The summed E-state index contributed by atoms with van der Waals surface area (Å²) in [6, 6.07) is 6.29. The van der Waals surface area contributed by atoms with Crippen LogP contribution in [0.5, 0.6) is 0 Å². The molecule has 1 aromatic carbocycles. The first-order valence-electron chi connectivity index (χ1n) is 7.43. The summed E-state index contributed by atoms with van der Waals surface area (Å²) in [5, 5.41) is 0. The summed E-state index contributed by atoms with van der Waals surface area (Å²) in [5.74, 6) is 0.410. The molecule has 0 radical (unpaired) electrons. The van der Waals surface area contributed by atoms with Crippen LogP contribution in [0.3, 0.4) is 0 Å². The number of Topliss-reactive ketones (excluding diaryl/α,β-unsaturated/α-hetero) is 1. The van der Waals surface area contributed by atoms with Crippen molar-refractivity contribution in [1.82, 2.24) is 0 Å². The van der Waals surface area contributed by atoms with E-state index in [0.29, 0.717) is 12.2 Å². The molecule has 1 aromatic rings. The van der Waals surface area contributed by atoms with Crippen molar-refractivity contribution in [2.24, 2.45) is 11.7 Å². The van der Waals surface area contributed by atoms with E-state index in [9.17, 15) is 4.79 Å². The van der Waals surface area contributed by atoms with E-state index in [0.717, 1.165) is 19.3 Å². The second-order valence-corrected chi connectivity index (χ2v) is 5.92. The van der Waals surface area contributed by atoms with Gasteiger partial charge in [-0.1, -0.05) is 37.5 Å². The minimum Gasteiger partial charge on any atom is -0.327 e. The van der Waals surface area contributed by atoms with E-state index in [1.54, 1.807) is 0 Å². The number of ketones is 1. The van der Waals surface area contributed by atoms with Crippen LogP contribution in [0, 0.1) is 19.8 Å². The van der Waals surface area contributed by atoms with Crippen LogP contribution in [0.15, 0.2) is 18.2 Å². The number of carbonyl (C=O) groups excluding carboxylic acids is 1. The molecule has 0 amide bonds. The molecule has 0 aliphatic heterocycles. The summed E-state index contributed by atoms with van der Waals surface area (Å²) >= 11 is 0. The average molecular weight is 259 g/mol. The van der Waals surface area contributed by atoms with Crippen molar-refractivity contribution >= 4 is 5.78 Å². The van der Waals surface area contributed by atoms with Crippen molar-refractivity contribution in [1.29, 1.82) is 0 Å². The Balaban J connectivity index is 2.11. The van der Waals surface area contributed by atoms with E-state index < -0.39 is 0 Å². The van der Waals surface area contributed by atoms with Crippen LogP contribution in [0.1, 0.15) is 48.8 Å². The van der Waals surface area contributed by atoms with Crippen LogP contribution >= 0.6 is 0 Å². The van der Waals surface area contributed by atoms with Gasteiger partial charge in [0.15, 0.2) is 0 Å². The van der Waals surface area contributed by atoms with Crippen molar-refractivity contribution in [3.8, 4) is 0 Å². The molecule has 0 heterocycles. The summed E-state index contributed by atoms with van der Waals surface area (Å²) in [7, 11) is 0. The lowest BCUT2D eigenvalue weighted by Crippen LogP contribution is -2.35. The number of carbonyl (C=O) groups is 1. The largest absolute Gasteiger partial charge is 0.327 e. The number of nitrogens with two attached hydrogens (primary N) is 1. The molecule has 2 heteroatoms. The average Bonchev–Trinajstić information content (AvgIpc) is 2.58. The second-order valence-electron chi connectivity index (χ2n) is 5.92. The summed E-state index contributed by atoms with van der Waals surface area (Å²) in [4.78, 5) is 12.6. The molecule has 19 heavy (non-hydrogen) atoms. The molecule has 2 rings (SSSR count). The third-order valence-corrected chi connectivity index (χ3v) is 4.48. The maximum Gasteiger partial charge on any atom is 0.141 e. The molecular weight excluding hydrogens is 234 g/mol. The highest BCUT2D eigenvalue weighted by Crippen LogP contribution is 2.25. The third-order valence-electron chi connectivity index (χ3n) is 4.48. The summed E-state index contributed by atoms with van der Waals surface area (Å²) < 4.78 is 0. The molecule has 2 N–H and O–H groups in total. The van der Waals surface area contributed by atoms with E-state index >= 15 is 0 Å². The van der Waals surface area contributed by atoms with Gasteiger partial charge in [-0.05, 0) is 43.4 Å². The molecule has 2 nitrogen and oxygen atoms in total. The number of benzene rings is 1. The Morgan fingerprint density at radius 2 is 1.79 bits per heavy atom. The van der Waals surface area contributed by atoms with Gasteiger partial charge in [0.05, 0.1) is 0 Å². The molecule has 2 atom stereocenters. The highest BCUT2D eigenvalue weighted by molar-refractivity contribution is 5.84. The van der Waals surface area contributed by atoms with Gasteiger partial charge in [-0.2, -0.15) is 0 Å². The lowest BCUT2D eigenvalue weighted by atomic mass is 9.86. The predicted molar refractivity (Wildman–Crippen MR) is 79.2 cm³/mol. The summed E-state index contributed by atoms with van der Waals surface area (Å²) in [6.07, 6.45) is 6.08. The predicted octanol–water partition coefficient (Wildman–Crippen LogP) is 3.32. The molecule has 0 bridgehead atoms. The molecular formula is C17H25NO. The molecule has 104 valence electrons. The van der Waals surface area contributed by atoms with Gasteiger partial charge < -0.3 is 5.73 Å². The fourth-order valence-electron chi connectivity index (χ4n) is 3.17. The molecule has 1 fully saturated rings. The van der Waals surface area contributed by atoms with Crippen LogP contribution in [0.4, 0.5) is 0 Å². The Hall–Kier alpha value is -1.15. The molecule has 1 aliphatic carbocycles. The standard InChI is InChI=1S/C17H25NO/c1-12-7-6-8-13(2)15(12)11-17(19)14-9-4-3-5-10-16(14)18/h6-8,14,16H,3-5,9-11,18H2,1-2H3. The molecule has 2 unspecified atom stereocenters. The highest BCUT2D eigenvalue weighted by Gasteiger charge is 2.27. The maximum atomic E-state index is 12.6. The maximum absolute atomic E-state index is 12.6. The Kier molecular flexibility index (Phi) is 4.76. The van der Waals surface area contributed by atoms with Crippen molar-refractivity contribution < 1.29 is 4.79 Å². The first-order chi connectivity index (χ1) is 9.09. The van der Waals surface area contributed by atoms with Gasteiger partial charge in [0.1, 0.15) is 5.78 Å². The molecule has 0 saturated heterocycles. The number of aryl methyl sites for hydroxylation is 2. The Bertz CT molecular complexity index is 432. The Morgan fingerprint density at radius 3 is 2.47 bits per heavy atom. The van der Waals surface area contributed by atoms with Gasteiger partial charge in [-0.3, -0.25) is 4.79 Å². The van der Waals surface area contributed by atoms with E-state index in [1.165, 1.54) is 29.5 Å². The van der Waals surface area contributed by atoms with E-state index in [4.69, 9.17) is 5.73 Å². The van der Waals surface area contributed by atoms with Gasteiger partial charge in [0, 0.05) is 18.4 Å². The topological polar surface area (TPSA) is 43.1 Å². The zero-order valence-corrected chi connectivity index (χ0v) is 12.1. The monoisotopic (exact) mass is 259 g/mol. The zero-order chi connectivity index (χ0) is 13.8. The van der Waals surface area contributed by atoms with E-state index in [-0.39, 0.29) is 12.0 Å². The molecule has 1 saturated carbocycles. The van der Waals surface area contributed by atoms with E-state index in [2.05, 4.69) is 32.0 Å². The van der Waals surface area contributed by atoms with Crippen molar-refractivity contribution in [2.75, 3.05) is 0 Å². The zero-order valence-electron chi connectivity index (χ0n) is 12.1. The van der Waals surface area contributed by atoms with Gasteiger partial charge in [0.25, 0.3) is 0 Å². The lowest BCUT2D eigenvalue weighted by molar-refractivity contribution is -0.123. The minimum absolute atomic E-state index is 0.0688. The van der Waals surface area contributed by atoms with Crippen LogP contribution in [-0.4, -0.2) is 11.8 Å². The van der Waals surface area contributed by atoms with Crippen LogP contribution in [0.25, 0.3) is 0 Å². The van der Waals surface area contributed by atoms with Gasteiger partial charge in [-0.25, -0.2) is 0 Å². The second kappa shape index (κ2) is 6.33. The number of hydrogen-bond donors (Lipinski definition) is 1. The third kappa shape index (κ3) is 3.44. The number of rotatable bonds is 3. The van der Waals surface area contributed by atoms with E-state index in [1.807, 2.05) is 0 Å². The fourth-order valence-corrected chi connectivity index (χ4v) is 3.17. The lowest BCUT2D eigenvalue weighted by Gasteiger charge is -2.21. The fraction of sp³-hybridized carbons (Fsp3) is 0.588. The highest BCUT2D eigenvalue weighted by atomic mass is 16.1. The minimum atomic E-state index is 0.0688. The Labute approximate surface area is 116 Å². The number of hydrogen-bond acceptors (Lipinski definition) is 2. The first kappa shape index (κ1) is 14.3. The quantitative estimate of drug-likeness (QED) is 0.846. The molecule has 1 aliphatic rings. The first-order valence-corrected chi connectivity index (χ1v) is 7.43. The van der Waals surface area contributed by atoms with Crippen LogP contribution < -0.4 is 5.73 Å². The van der Waals surface area contributed by atoms with Crippen LogP contribution in [0.2, 0.25) is 0 Å². The summed E-state index contributed by atoms with van der Waals surface area (Å²) in [6.45, 7) is 4.17. The van der Waals surface area contributed by atoms with Crippen LogP contribution in [-0.2, 0) is 11.2 Å². The normalized spacial score (nSPS) is 23.9. The Morgan fingerprint density at radius 1 is 1.16 bits per heavy atom. The van der Waals surface area contributed by atoms with Gasteiger partial charge >= 0.3 is 0 Å². The van der Waals surface area contributed by atoms with Crippen molar-refractivity contribution in [3.63, 3.8) is 0 Å². The molecule has 0 spiro atoms. The SMILES string of the molecule is Cc1cccc(C)c1CC(=O)C1CCCCCC1N. The van der Waals surface area contributed by atoms with Gasteiger partial charge in [0.2, 0.25) is 0 Å². The smallest absolute Gasteiger partial charge is 0.141 e. The molecule has 0 aromatic heterocycles. The van der Waals surface area contributed by atoms with Crippen molar-refractivity contribution in [2.45, 2.75) is 58.4 Å².